The molecule has 0 N–H and O–H groups in total. The smallest absolute Gasteiger partial charge is 0.301 e. The predicted octanol–water partition coefficient (Wildman–Crippen LogP) is 0.716. The monoisotopic (exact) mass is 371 g/mol. The van der Waals surface area contributed by atoms with Crippen LogP contribution in [0.4, 0.5) is 0 Å². The Balaban J connectivity index is 1.82. The number of benzene rings is 1. The van der Waals surface area contributed by atoms with Crippen LogP contribution in [-0.2, 0) is 20.6 Å². The highest BCUT2D eigenvalue weighted by Crippen LogP contribution is 2.17. The molecule has 3 heterocycles. The summed E-state index contributed by atoms with van der Waals surface area (Å²) in [5.74, 6) is 0.464. The molecule has 0 radical (unpaired) electrons. The zero-order valence-corrected chi connectivity index (χ0v) is 14.8. The van der Waals surface area contributed by atoms with Crippen molar-refractivity contribution in [1.82, 2.24) is 33.4 Å². The van der Waals surface area contributed by atoms with Crippen LogP contribution in [0.25, 0.3) is 16.9 Å². The maximum Gasteiger partial charge on any atom is 0.332 e. The first-order chi connectivity index (χ1) is 12.5. The van der Waals surface area contributed by atoms with Crippen molar-refractivity contribution in [3.8, 4) is 5.69 Å². The molecule has 132 valence electrons. The summed E-state index contributed by atoms with van der Waals surface area (Å²) in [5.41, 5.74) is 0.396. The van der Waals surface area contributed by atoms with Crippen LogP contribution < -0.4 is 11.2 Å². The lowest BCUT2D eigenvalue weighted by Crippen LogP contribution is -2.37. The standard InChI is InChI=1S/C16H14ClN7O2/c1-21-13-12(14(25)22(2)16(21)26)23(15(17)19-13)8-11-18-9-24(20-11)10-6-4-3-5-7-10/h3-7,9H,8H2,1-2H3. The van der Waals surface area contributed by atoms with Gasteiger partial charge in [0, 0.05) is 14.1 Å². The van der Waals surface area contributed by atoms with E-state index in [1.165, 1.54) is 16.2 Å². The van der Waals surface area contributed by atoms with Crippen LogP contribution in [-0.4, -0.2) is 33.4 Å². The number of aryl methyl sites for hydroxylation is 1. The molecule has 0 saturated heterocycles. The zero-order chi connectivity index (χ0) is 18.4. The van der Waals surface area contributed by atoms with Crippen LogP contribution >= 0.6 is 11.6 Å². The quantitative estimate of drug-likeness (QED) is 0.495. The number of halogens is 1. The van der Waals surface area contributed by atoms with E-state index in [1.54, 1.807) is 18.1 Å². The lowest BCUT2D eigenvalue weighted by Gasteiger charge is -2.05. The molecule has 0 aliphatic rings. The molecule has 0 aliphatic heterocycles. The third-order valence-electron chi connectivity index (χ3n) is 4.16. The Morgan fingerprint density at radius 2 is 1.81 bits per heavy atom. The highest BCUT2D eigenvalue weighted by atomic mass is 35.5. The number of aromatic nitrogens is 7. The fraction of sp³-hybridized carbons (Fsp3) is 0.188. The second-order valence-electron chi connectivity index (χ2n) is 5.79. The first kappa shape index (κ1) is 16.3. The molecule has 0 atom stereocenters. The Bertz CT molecular complexity index is 1230. The Morgan fingerprint density at radius 1 is 1.08 bits per heavy atom. The summed E-state index contributed by atoms with van der Waals surface area (Å²) in [6, 6.07) is 9.54. The van der Waals surface area contributed by atoms with Crippen LogP contribution in [0.5, 0.6) is 0 Å². The number of para-hydroxylation sites is 1. The van der Waals surface area contributed by atoms with Gasteiger partial charge in [-0.3, -0.25) is 13.9 Å². The molecule has 10 heteroatoms. The van der Waals surface area contributed by atoms with E-state index in [0.717, 1.165) is 10.3 Å². The molecule has 26 heavy (non-hydrogen) atoms. The molecule has 0 spiro atoms. The van der Waals surface area contributed by atoms with Gasteiger partial charge >= 0.3 is 5.69 Å². The molecule has 9 nitrogen and oxygen atoms in total. The van der Waals surface area contributed by atoms with E-state index in [9.17, 15) is 9.59 Å². The van der Waals surface area contributed by atoms with Gasteiger partial charge in [-0.25, -0.2) is 14.5 Å². The molecule has 4 aromatic rings. The van der Waals surface area contributed by atoms with Crippen molar-refractivity contribution in [3.63, 3.8) is 0 Å². The Morgan fingerprint density at radius 3 is 2.54 bits per heavy atom. The maximum atomic E-state index is 12.5. The topological polar surface area (TPSA) is 92.5 Å². The summed E-state index contributed by atoms with van der Waals surface area (Å²) < 4.78 is 5.45. The Kier molecular flexibility index (Phi) is 3.73. The minimum Gasteiger partial charge on any atom is -0.301 e. The molecule has 0 amide bonds. The van der Waals surface area contributed by atoms with Crippen molar-refractivity contribution in [2.75, 3.05) is 0 Å². The van der Waals surface area contributed by atoms with E-state index in [4.69, 9.17) is 11.6 Å². The van der Waals surface area contributed by atoms with E-state index < -0.39 is 11.2 Å². The van der Waals surface area contributed by atoms with Gasteiger partial charge in [-0.15, -0.1) is 5.10 Å². The van der Waals surface area contributed by atoms with Crippen molar-refractivity contribution in [2.45, 2.75) is 6.54 Å². The zero-order valence-electron chi connectivity index (χ0n) is 14.0. The molecule has 0 saturated carbocycles. The van der Waals surface area contributed by atoms with Gasteiger partial charge in [0.25, 0.3) is 5.56 Å². The summed E-state index contributed by atoms with van der Waals surface area (Å²) in [6.07, 6.45) is 1.59. The number of nitrogens with zero attached hydrogens (tertiary/aromatic N) is 7. The second kappa shape index (κ2) is 5.95. The lowest BCUT2D eigenvalue weighted by atomic mass is 10.3. The van der Waals surface area contributed by atoms with Crippen LogP contribution in [0.3, 0.4) is 0 Å². The number of imidazole rings is 1. The highest BCUT2D eigenvalue weighted by Gasteiger charge is 2.19. The maximum absolute atomic E-state index is 12.5. The average Bonchev–Trinajstić information content (AvgIpc) is 3.25. The molecule has 0 fully saturated rings. The molecule has 0 bridgehead atoms. The molecule has 0 aliphatic carbocycles. The van der Waals surface area contributed by atoms with E-state index >= 15 is 0 Å². The minimum atomic E-state index is -0.468. The molecule has 0 unspecified atom stereocenters. The van der Waals surface area contributed by atoms with Gasteiger partial charge < -0.3 is 4.57 Å². The normalized spacial score (nSPS) is 11.3. The van der Waals surface area contributed by atoms with Gasteiger partial charge in [0.05, 0.1) is 12.2 Å². The Labute approximate surface area is 151 Å². The fourth-order valence-corrected chi connectivity index (χ4v) is 3.00. The number of fused-ring (bicyclic) bond motifs is 1. The minimum absolute atomic E-state index is 0.0920. The summed E-state index contributed by atoms with van der Waals surface area (Å²) in [4.78, 5) is 33.0. The average molecular weight is 372 g/mol. The van der Waals surface area contributed by atoms with E-state index in [2.05, 4.69) is 15.1 Å². The van der Waals surface area contributed by atoms with Crippen molar-refractivity contribution in [3.05, 3.63) is 68.6 Å². The molecule has 3 aromatic heterocycles. The summed E-state index contributed by atoms with van der Waals surface area (Å²) in [6.45, 7) is 0.155. The molecular formula is C16H14ClN7O2. The second-order valence-corrected chi connectivity index (χ2v) is 6.12. The number of rotatable bonds is 3. The third-order valence-corrected chi connectivity index (χ3v) is 4.45. The van der Waals surface area contributed by atoms with Crippen LogP contribution in [0.2, 0.25) is 5.28 Å². The van der Waals surface area contributed by atoms with Crippen molar-refractivity contribution >= 4 is 22.8 Å². The van der Waals surface area contributed by atoms with Crippen LogP contribution in [0.15, 0.2) is 46.2 Å². The van der Waals surface area contributed by atoms with Crippen molar-refractivity contribution < 1.29 is 0 Å². The highest BCUT2D eigenvalue weighted by molar-refractivity contribution is 6.29. The predicted molar refractivity (Wildman–Crippen MR) is 95.7 cm³/mol. The van der Waals surface area contributed by atoms with Crippen LogP contribution in [0, 0.1) is 0 Å². The summed E-state index contributed by atoms with van der Waals surface area (Å²) in [5, 5.41) is 4.51. The van der Waals surface area contributed by atoms with Crippen LogP contribution in [0.1, 0.15) is 5.82 Å². The van der Waals surface area contributed by atoms with Gasteiger partial charge in [-0.2, -0.15) is 4.98 Å². The lowest BCUT2D eigenvalue weighted by molar-refractivity contribution is 0.697. The SMILES string of the molecule is Cn1c(=O)c2c(nc(Cl)n2Cc2ncn(-c3ccccc3)n2)n(C)c1=O. The summed E-state index contributed by atoms with van der Waals surface area (Å²) in [7, 11) is 2.96. The van der Waals surface area contributed by atoms with E-state index in [0.29, 0.717) is 5.82 Å². The van der Waals surface area contributed by atoms with E-state index in [1.807, 2.05) is 30.3 Å². The molecule has 1 aromatic carbocycles. The van der Waals surface area contributed by atoms with Gasteiger partial charge in [0.15, 0.2) is 17.0 Å². The molecular weight excluding hydrogens is 358 g/mol. The van der Waals surface area contributed by atoms with Gasteiger partial charge in [0.1, 0.15) is 6.33 Å². The van der Waals surface area contributed by atoms with Crippen molar-refractivity contribution in [1.29, 1.82) is 0 Å². The summed E-state index contributed by atoms with van der Waals surface area (Å²) >= 11 is 6.22. The fourth-order valence-electron chi connectivity index (χ4n) is 2.78. The first-order valence-corrected chi connectivity index (χ1v) is 8.13. The number of hydrogen-bond acceptors (Lipinski definition) is 5. The number of hydrogen-bond donors (Lipinski definition) is 0. The molecule has 4 rings (SSSR count). The van der Waals surface area contributed by atoms with Gasteiger partial charge in [-0.1, -0.05) is 18.2 Å². The first-order valence-electron chi connectivity index (χ1n) is 7.75. The van der Waals surface area contributed by atoms with E-state index in [-0.39, 0.29) is 23.0 Å². The van der Waals surface area contributed by atoms with Crippen molar-refractivity contribution in [2.24, 2.45) is 14.1 Å². The van der Waals surface area contributed by atoms with Gasteiger partial charge in [0.2, 0.25) is 5.28 Å². The Hall–Kier alpha value is -3.20. The largest absolute Gasteiger partial charge is 0.332 e. The third kappa shape index (κ3) is 2.44. The van der Waals surface area contributed by atoms with Gasteiger partial charge in [-0.05, 0) is 23.7 Å².